The molecule has 0 saturated carbocycles. The minimum absolute atomic E-state index is 0.00575. The Hall–Kier alpha value is -4.60. The first kappa shape index (κ1) is 23.6. The summed E-state index contributed by atoms with van der Waals surface area (Å²) >= 11 is 0. The van der Waals surface area contributed by atoms with Gasteiger partial charge in [-0.15, -0.1) is 0 Å². The molecule has 1 aromatic heterocycles. The first-order valence-electron chi connectivity index (χ1n) is 10.5. The summed E-state index contributed by atoms with van der Waals surface area (Å²) in [7, 11) is 1.49. The molecule has 1 heterocycles. The summed E-state index contributed by atoms with van der Waals surface area (Å²) in [6.45, 7) is -0.266. The summed E-state index contributed by atoms with van der Waals surface area (Å²) in [5, 5.41) is 6.59. The van der Waals surface area contributed by atoms with Crippen LogP contribution in [0.5, 0.6) is 5.75 Å². The quantitative estimate of drug-likeness (QED) is 0.441. The van der Waals surface area contributed by atoms with Crippen molar-refractivity contribution in [3.05, 3.63) is 122 Å². The Morgan fingerprint density at radius 2 is 1.66 bits per heavy atom. The van der Waals surface area contributed by atoms with E-state index in [-0.39, 0.29) is 18.8 Å². The van der Waals surface area contributed by atoms with Gasteiger partial charge in [0.05, 0.1) is 19.3 Å². The van der Waals surface area contributed by atoms with E-state index in [1.807, 2.05) is 0 Å². The molecular weight excluding hydrogens is 458 g/mol. The predicted octanol–water partition coefficient (Wildman–Crippen LogP) is 2.66. The van der Waals surface area contributed by atoms with Gasteiger partial charge in [-0.3, -0.25) is 14.2 Å². The highest BCUT2D eigenvalue weighted by molar-refractivity contribution is 5.91. The van der Waals surface area contributed by atoms with Crippen LogP contribution < -0.4 is 21.3 Å². The van der Waals surface area contributed by atoms with Gasteiger partial charge in [0.25, 0.3) is 11.5 Å². The van der Waals surface area contributed by atoms with Gasteiger partial charge in [0.15, 0.2) is 0 Å². The highest BCUT2D eigenvalue weighted by atomic mass is 19.1. The topological polar surface area (TPSA) is 95.2 Å². The van der Waals surface area contributed by atoms with Crippen molar-refractivity contribution in [1.82, 2.24) is 19.7 Å². The molecule has 4 rings (SSSR count). The normalized spacial score (nSPS) is 10.7. The maximum absolute atomic E-state index is 13.7. The third-order valence-corrected chi connectivity index (χ3v) is 5.19. The summed E-state index contributed by atoms with van der Waals surface area (Å²) in [5.41, 5.74) is -1.02. The van der Waals surface area contributed by atoms with Gasteiger partial charge in [-0.05, 0) is 59.7 Å². The van der Waals surface area contributed by atoms with E-state index in [1.54, 1.807) is 30.3 Å². The van der Waals surface area contributed by atoms with Crippen molar-refractivity contribution in [2.75, 3.05) is 7.11 Å². The minimum Gasteiger partial charge on any atom is -0.497 e. The summed E-state index contributed by atoms with van der Waals surface area (Å²) < 4.78 is 33.7. The molecule has 0 radical (unpaired) electrons. The van der Waals surface area contributed by atoms with E-state index in [2.05, 4.69) is 10.4 Å². The average molecular weight is 478 g/mol. The Balaban J connectivity index is 1.76. The zero-order valence-electron chi connectivity index (χ0n) is 18.6. The number of aromatic nitrogens is 3. The van der Waals surface area contributed by atoms with Crippen molar-refractivity contribution in [1.29, 1.82) is 0 Å². The molecule has 0 fully saturated rings. The van der Waals surface area contributed by atoms with Crippen molar-refractivity contribution in [2.24, 2.45) is 0 Å². The second-order valence-corrected chi connectivity index (χ2v) is 7.57. The fourth-order valence-corrected chi connectivity index (χ4v) is 3.37. The lowest BCUT2D eigenvalue weighted by molar-refractivity contribution is 0.0941. The second kappa shape index (κ2) is 10.1. The third kappa shape index (κ3) is 5.32. The smallest absolute Gasteiger partial charge is 0.352 e. The Labute approximate surface area is 198 Å². The SMILES string of the molecule is COc1ccc(-n2nc(C(=O)NCc3ccc(F)cc3)c(=O)n(Cc3cccc(F)c3)c2=O)cc1. The van der Waals surface area contributed by atoms with E-state index >= 15 is 0 Å². The Morgan fingerprint density at radius 1 is 0.943 bits per heavy atom. The lowest BCUT2D eigenvalue weighted by atomic mass is 10.2. The molecule has 0 spiro atoms. The molecule has 4 aromatic rings. The van der Waals surface area contributed by atoms with Gasteiger partial charge >= 0.3 is 5.69 Å². The fraction of sp³-hybridized carbons (Fsp3) is 0.120. The molecule has 0 atom stereocenters. The van der Waals surface area contributed by atoms with Gasteiger partial charge in [-0.1, -0.05) is 24.3 Å². The summed E-state index contributed by atoms with van der Waals surface area (Å²) in [6, 6.07) is 17.2. The predicted molar refractivity (Wildman–Crippen MR) is 124 cm³/mol. The maximum atomic E-state index is 13.7. The molecule has 1 amide bonds. The van der Waals surface area contributed by atoms with Crippen molar-refractivity contribution in [3.8, 4) is 11.4 Å². The number of rotatable bonds is 7. The third-order valence-electron chi connectivity index (χ3n) is 5.19. The van der Waals surface area contributed by atoms with Gasteiger partial charge in [0, 0.05) is 6.54 Å². The monoisotopic (exact) mass is 478 g/mol. The van der Waals surface area contributed by atoms with Gasteiger partial charge in [-0.25, -0.2) is 13.6 Å². The molecule has 0 aliphatic rings. The van der Waals surface area contributed by atoms with Crippen molar-refractivity contribution in [3.63, 3.8) is 0 Å². The first-order chi connectivity index (χ1) is 16.9. The van der Waals surface area contributed by atoms with Crippen LogP contribution in [-0.2, 0) is 13.1 Å². The Bertz CT molecular complexity index is 1480. The molecule has 10 heteroatoms. The second-order valence-electron chi connectivity index (χ2n) is 7.57. The molecule has 0 bridgehead atoms. The standard InChI is InChI=1S/C25H20F2N4O4/c1-35-21-11-9-20(10-12-21)31-25(34)30(15-17-3-2-4-19(27)13-17)24(33)22(29-31)23(32)28-14-16-5-7-18(26)8-6-16/h2-13H,14-15H2,1H3,(H,28,32). The van der Waals surface area contributed by atoms with Crippen LogP contribution in [-0.4, -0.2) is 27.4 Å². The van der Waals surface area contributed by atoms with Crippen molar-refractivity contribution >= 4 is 5.91 Å². The molecule has 0 unspecified atom stereocenters. The zero-order chi connectivity index (χ0) is 24.9. The number of carbonyl (C=O) groups excluding carboxylic acids is 1. The number of benzene rings is 3. The van der Waals surface area contributed by atoms with Gasteiger partial charge in [0.1, 0.15) is 17.4 Å². The van der Waals surface area contributed by atoms with Gasteiger partial charge in [-0.2, -0.15) is 9.78 Å². The highest BCUT2D eigenvalue weighted by Gasteiger charge is 2.20. The van der Waals surface area contributed by atoms with Crippen LogP contribution in [0, 0.1) is 11.6 Å². The molecule has 1 N–H and O–H groups in total. The summed E-state index contributed by atoms with van der Waals surface area (Å²) in [6.07, 6.45) is 0. The molecule has 35 heavy (non-hydrogen) atoms. The van der Waals surface area contributed by atoms with E-state index in [4.69, 9.17) is 4.74 Å². The number of ether oxygens (including phenoxy) is 1. The number of nitrogens with zero attached hydrogens (tertiary/aromatic N) is 3. The number of amides is 1. The van der Waals surface area contributed by atoms with E-state index in [0.29, 0.717) is 16.9 Å². The fourth-order valence-electron chi connectivity index (χ4n) is 3.37. The largest absolute Gasteiger partial charge is 0.497 e. The number of methoxy groups -OCH3 is 1. The highest BCUT2D eigenvalue weighted by Crippen LogP contribution is 2.13. The number of carbonyl (C=O) groups is 1. The average Bonchev–Trinajstić information content (AvgIpc) is 2.86. The van der Waals surface area contributed by atoms with Crippen molar-refractivity contribution < 1.29 is 18.3 Å². The molecule has 8 nitrogen and oxygen atoms in total. The maximum Gasteiger partial charge on any atom is 0.352 e. The van der Waals surface area contributed by atoms with E-state index < -0.39 is 34.5 Å². The van der Waals surface area contributed by atoms with Gasteiger partial charge < -0.3 is 10.1 Å². The molecule has 0 saturated heterocycles. The minimum atomic E-state index is -0.930. The van der Waals surface area contributed by atoms with Crippen LogP contribution in [0.15, 0.2) is 82.4 Å². The van der Waals surface area contributed by atoms with Gasteiger partial charge in [0.2, 0.25) is 5.69 Å². The van der Waals surface area contributed by atoms with Crippen LogP contribution in [0.25, 0.3) is 5.69 Å². The van der Waals surface area contributed by atoms with Crippen molar-refractivity contribution in [2.45, 2.75) is 13.1 Å². The Morgan fingerprint density at radius 3 is 2.31 bits per heavy atom. The van der Waals surface area contributed by atoms with Crippen LogP contribution >= 0.6 is 0 Å². The Kier molecular flexibility index (Phi) is 6.81. The lowest BCUT2D eigenvalue weighted by Crippen LogP contribution is -2.46. The van der Waals surface area contributed by atoms with Crippen LogP contribution in [0.4, 0.5) is 8.78 Å². The molecule has 3 aromatic carbocycles. The first-order valence-corrected chi connectivity index (χ1v) is 10.5. The molecule has 0 aliphatic carbocycles. The molecule has 178 valence electrons. The summed E-state index contributed by atoms with van der Waals surface area (Å²) in [5.74, 6) is -1.24. The zero-order valence-corrected chi connectivity index (χ0v) is 18.6. The number of halogens is 2. The lowest BCUT2D eigenvalue weighted by Gasteiger charge is -2.13. The van der Waals surface area contributed by atoms with E-state index in [9.17, 15) is 23.2 Å². The van der Waals surface area contributed by atoms with E-state index in [1.165, 1.54) is 49.6 Å². The van der Waals surface area contributed by atoms with E-state index in [0.717, 1.165) is 9.25 Å². The van der Waals surface area contributed by atoms with Crippen LogP contribution in [0.2, 0.25) is 0 Å². The molecular formula is C25H20F2N4O4. The van der Waals surface area contributed by atoms with Crippen LogP contribution in [0.3, 0.4) is 0 Å². The summed E-state index contributed by atoms with van der Waals surface area (Å²) in [4.78, 5) is 39.2. The number of hydrogen-bond donors (Lipinski definition) is 1. The van der Waals surface area contributed by atoms with Crippen LogP contribution in [0.1, 0.15) is 21.6 Å². The molecule has 0 aliphatic heterocycles. The number of nitrogens with one attached hydrogen (secondary N) is 1. The number of hydrogen-bond acceptors (Lipinski definition) is 5.